The van der Waals surface area contributed by atoms with Gasteiger partial charge in [0.15, 0.2) is 0 Å². The molecule has 0 saturated carbocycles. The molecule has 4 rings (SSSR count). The number of nitrogens with zero attached hydrogens (tertiary/aromatic N) is 3. The van der Waals surface area contributed by atoms with Gasteiger partial charge in [-0.1, -0.05) is 24.3 Å². The summed E-state index contributed by atoms with van der Waals surface area (Å²) in [6.45, 7) is 8.57. The lowest BCUT2D eigenvalue weighted by molar-refractivity contribution is 0.0951. The van der Waals surface area contributed by atoms with Crippen LogP contribution in [0, 0.1) is 0 Å². The normalized spacial score (nSPS) is 16.7. The van der Waals surface area contributed by atoms with Gasteiger partial charge in [0.1, 0.15) is 16.7 Å². The number of carbonyl (C=O) groups excluding carboxylic acids is 1. The third-order valence-electron chi connectivity index (χ3n) is 5.99. The molecule has 0 aliphatic carbocycles. The average Bonchev–Trinajstić information content (AvgIpc) is 3.21. The summed E-state index contributed by atoms with van der Waals surface area (Å²) in [6, 6.07) is 13.4. The first-order chi connectivity index (χ1) is 16.7. The van der Waals surface area contributed by atoms with Crippen LogP contribution in [0.4, 0.5) is 0 Å². The Bertz CT molecular complexity index is 1240. The maximum atomic E-state index is 13.5. The molecule has 1 aromatic carbocycles. The molecule has 0 saturated heterocycles. The topological polar surface area (TPSA) is 95.4 Å². The summed E-state index contributed by atoms with van der Waals surface area (Å²) in [7, 11) is -1.30. The predicted octanol–water partition coefficient (Wildman–Crippen LogP) is 4.26. The highest BCUT2D eigenvalue weighted by molar-refractivity contribution is 7.84. The zero-order valence-corrected chi connectivity index (χ0v) is 21.4. The summed E-state index contributed by atoms with van der Waals surface area (Å²) in [5, 5.41) is 12.7. The SMILES string of the molecule is CCNC(=O)c1cc2c(c(-c3cccc(-c4cccnc4)c3)n1)[C@@H](CCO)N([S@](=O)C(C)(C)C)C2. The molecule has 184 valence electrons. The van der Waals surface area contributed by atoms with E-state index in [9.17, 15) is 14.1 Å². The summed E-state index contributed by atoms with van der Waals surface area (Å²) in [6.07, 6.45) is 3.97. The number of hydrogen-bond donors (Lipinski definition) is 2. The number of fused-ring (bicyclic) bond motifs is 1. The minimum Gasteiger partial charge on any atom is -0.396 e. The summed E-state index contributed by atoms with van der Waals surface area (Å²) in [5.74, 6) is -0.242. The Morgan fingerprint density at radius 3 is 2.57 bits per heavy atom. The molecule has 0 radical (unpaired) electrons. The number of aromatic nitrogens is 2. The smallest absolute Gasteiger partial charge is 0.269 e. The van der Waals surface area contributed by atoms with E-state index in [0.717, 1.165) is 27.8 Å². The van der Waals surface area contributed by atoms with Crippen LogP contribution in [-0.2, 0) is 17.5 Å². The first-order valence-corrected chi connectivity index (χ1v) is 13.0. The molecule has 3 aromatic rings. The molecule has 0 spiro atoms. The Hall–Kier alpha value is -2.94. The van der Waals surface area contributed by atoms with E-state index in [1.165, 1.54) is 0 Å². The molecule has 1 amide bonds. The zero-order chi connectivity index (χ0) is 25.2. The van der Waals surface area contributed by atoms with E-state index in [0.29, 0.717) is 30.9 Å². The number of aliphatic hydroxyl groups is 1. The fourth-order valence-electron chi connectivity index (χ4n) is 4.44. The first kappa shape index (κ1) is 25.2. The van der Waals surface area contributed by atoms with Crippen molar-refractivity contribution < 1.29 is 14.1 Å². The molecule has 1 aliphatic heterocycles. The third-order valence-corrected chi connectivity index (χ3v) is 7.85. The van der Waals surface area contributed by atoms with Crippen molar-refractivity contribution in [2.24, 2.45) is 0 Å². The van der Waals surface area contributed by atoms with E-state index in [1.54, 1.807) is 12.3 Å². The van der Waals surface area contributed by atoms with Crippen molar-refractivity contribution in [1.29, 1.82) is 0 Å². The summed E-state index contributed by atoms with van der Waals surface area (Å²) in [5.41, 5.74) is 5.68. The van der Waals surface area contributed by atoms with Crippen molar-refractivity contribution in [3.63, 3.8) is 0 Å². The van der Waals surface area contributed by atoms with Gasteiger partial charge in [-0.3, -0.25) is 9.78 Å². The fraction of sp³-hybridized carbons (Fsp3) is 0.370. The molecular weight excluding hydrogens is 460 g/mol. The molecule has 8 heteroatoms. The Labute approximate surface area is 209 Å². The molecule has 3 heterocycles. The van der Waals surface area contributed by atoms with Gasteiger partial charge >= 0.3 is 0 Å². The number of benzene rings is 1. The highest BCUT2D eigenvalue weighted by Gasteiger charge is 2.40. The number of carbonyl (C=O) groups is 1. The second kappa shape index (κ2) is 10.4. The summed E-state index contributed by atoms with van der Waals surface area (Å²) < 4.78 is 14.9. The molecule has 1 aliphatic rings. The lowest BCUT2D eigenvalue weighted by Crippen LogP contribution is -2.36. The van der Waals surface area contributed by atoms with Crippen LogP contribution < -0.4 is 5.32 Å². The van der Waals surface area contributed by atoms with E-state index >= 15 is 0 Å². The number of nitrogens with one attached hydrogen (secondary N) is 1. The maximum Gasteiger partial charge on any atom is 0.269 e. The van der Waals surface area contributed by atoms with Crippen LogP contribution in [0.15, 0.2) is 54.9 Å². The molecular formula is C27H32N4O3S. The second-order valence-corrected chi connectivity index (χ2v) is 11.8. The lowest BCUT2D eigenvalue weighted by Gasteiger charge is -2.30. The molecule has 2 atom stereocenters. The monoisotopic (exact) mass is 492 g/mol. The Morgan fingerprint density at radius 1 is 1.17 bits per heavy atom. The zero-order valence-electron chi connectivity index (χ0n) is 20.6. The standard InChI is InChI=1S/C27H32N4O3S/c1-5-29-26(33)22-15-21-17-31(35(34)27(2,3)4)23(11-13-32)24(21)25(30-22)19-9-6-8-18(14-19)20-10-7-12-28-16-20/h6-10,12,14-16,23,32H,5,11,13,17H2,1-4H3,(H,29,33)/t23-,35-/m1/s1. The van der Waals surface area contributed by atoms with Crippen LogP contribution in [0.3, 0.4) is 0 Å². The van der Waals surface area contributed by atoms with Gasteiger partial charge in [-0.2, -0.15) is 0 Å². The Kier molecular flexibility index (Phi) is 7.44. The molecule has 2 N–H and O–H groups in total. The van der Waals surface area contributed by atoms with E-state index in [2.05, 4.69) is 10.3 Å². The van der Waals surface area contributed by atoms with Crippen LogP contribution in [0.5, 0.6) is 0 Å². The van der Waals surface area contributed by atoms with Crippen molar-refractivity contribution in [3.8, 4) is 22.4 Å². The van der Waals surface area contributed by atoms with Gasteiger partial charge in [0.25, 0.3) is 5.91 Å². The van der Waals surface area contributed by atoms with Crippen molar-refractivity contribution in [2.45, 2.75) is 51.4 Å². The second-order valence-electron chi connectivity index (χ2n) is 9.58. The molecule has 35 heavy (non-hydrogen) atoms. The van der Waals surface area contributed by atoms with E-state index < -0.39 is 15.7 Å². The van der Waals surface area contributed by atoms with Gasteiger partial charge in [0.05, 0.1) is 16.5 Å². The fourth-order valence-corrected chi connectivity index (χ4v) is 5.84. The van der Waals surface area contributed by atoms with Gasteiger partial charge in [-0.25, -0.2) is 13.5 Å². The van der Waals surface area contributed by atoms with Gasteiger partial charge in [-0.05, 0) is 63.4 Å². The Morgan fingerprint density at radius 2 is 1.91 bits per heavy atom. The number of amides is 1. The van der Waals surface area contributed by atoms with Crippen molar-refractivity contribution in [2.75, 3.05) is 13.2 Å². The van der Waals surface area contributed by atoms with Gasteiger partial charge in [0.2, 0.25) is 0 Å². The first-order valence-electron chi connectivity index (χ1n) is 11.9. The Balaban J connectivity index is 1.90. The van der Waals surface area contributed by atoms with Crippen molar-refractivity contribution in [1.82, 2.24) is 19.6 Å². The van der Waals surface area contributed by atoms with Crippen LogP contribution >= 0.6 is 0 Å². The highest BCUT2D eigenvalue weighted by atomic mass is 32.2. The molecule has 7 nitrogen and oxygen atoms in total. The lowest BCUT2D eigenvalue weighted by atomic mass is 9.94. The minimum absolute atomic E-state index is 0.0464. The van der Waals surface area contributed by atoms with Crippen LogP contribution in [-0.4, -0.2) is 47.4 Å². The molecule has 0 bridgehead atoms. The highest BCUT2D eigenvalue weighted by Crippen LogP contribution is 2.44. The largest absolute Gasteiger partial charge is 0.396 e. The predicted molar refractivity (Wildman–Crippen MR) is 139 cm³/mol. The maximum absolute atomic E-state index is 13.5. The van der Waals surface area contributed by atoms with E-state index in [4.69, 9.17) is 4.98 Å². The number of rotatable bonds is 7. The molecule has 0 fully saturated rings. The minimum atomic E-state index is -1.30. The van der Waals surface area contributed by atoms with Crippen molar-refractivity contribution >= 4 is 16.9 Å². The third kappa shape index (κ3) is 5.19. The quantitative estimate of drug-likeness (QED) is 0.514. The van der Waals surface area contributed by atoms with Crippen LogP contribution in [0.1, 0.15) is 61.8 Å². The average molecular weight is 493 g/mol. The number of hydrogen-bond acceptors (Lipinski definition) is 5. The molecule has 2 aromatic heterocycles. The number of pyridine rings is 2. The molecule has 0 unspecified atom stereocenters. The van der Waals surface area contributed by atoms with Crippen LogP contribution in [0.25, 0.3) is 22.4 Å². The summed E-state index contributed by atoms with van der Waals surface area (Å²) in [4.78, 5) is 21.9. The van der Waals surface area contributed by atoms with Gasteiger partial charge in [-0.15, -0.1) is 0 Å². The van der Waals surface area contributed by atoms with Crippen LogP contribution in [0.2, 0.25) is 0 Å². The van der Waals surface area contributed by atoms with Crippen molar-refractivity contribution in [3.05, 3.63) is 71.7 Å². The van der Waals surface area contributed by atoms with Gasteiger partial charge < -0.3 is 10.4 Å². The number of aliphatic hydroxyl groups excluding tert-OH is 1. The van der Waals surface area contributed by atoms with Gasteiger partial charge in [0, 0.05) is 48.8 Å². The van der Waals surface area contributed by atoms with E-state index in [1.807, 2.05) is 74.6 Å². The summed E-state index contributed by atoms with van der Waals surface area (Å²) >= 11 is 0. The van der Waals surface area contributed by atoms with E-state index in [-0.39, 0.29) is 18.6 Å².